The van der Waals surface area contributed by atoms with Crippen LogP contribution in [0, 0.1) is 10.1 Å². The van der Waals surface area contributed by atoms with Crippen LogP contribution in [0.25, 0.3) is 0 Å². The minimum atomic E-state index is -0.492. The molecule has 0 aliphatic rings. The zero-order chi connectivity index (χ0) is 14.1. The van der Waals surface area contributed by atoms with Crippen LogP contribution in [0.2, 0.25) is 0 Å². The van der Waals surface area contributed by atoms with Gasteiger partial charge in [0.2, 0.25) is 0 Å². The summed E-state index contributed by atoms with van der Waals surface area (Å²) < 4.78 is 5.47. The maximum Gasteiger partial charge on any atom is 0.274 e. The molecule has 0 saturated heterocycles. The van der Waals surface area contributed by atoms with Gasteiger partial charge in [0.15, 0.2) is 11.7 Å². The molecule has 7 nitrogen and oxygen atoms in total. The summed E-state index contributed by atoms with van der Waals surface area (Å²) in [6, 6.07) is 3.81. The van der Waals surface area contributed by atoms with E-state index in [9.17, 15) is 10.1 Å². The van der Waals surface area contributed by atoms with Crippen molar-refractivity contribution in [3.05, 3.63) is 40.0 Å². The van der Waals surface area contributed by atoms with Gasteiger partial charge in [0.1, 0.15) is 5.76 Å². The number of hydrogen-bond acceptors (Lipinski definition) is 7. The first-order valence-corrected chi connectivity index (χ1v) is 6.92. The van der Waals surface area contributed by atoms with Gasteiger partial charge in [-0.25, -0.2) is 0 Å². The van der Waals surface area contributed by atoms with Gasteiger partial charge in [-0.3, -0.25) is 10.1 Å². The summed E-state index contributed by atoms with van der Waals surface area (Å²) >= 11 is 1.69. The second-order valence-electron chi connectivity index (χ2n) is 3.57. The summed E-state index contributed by atoms with van der Waals surface area (Å²) in [6.07, 6.45) is 0.913. The van der Waals surface area contributed by atoms with Crippen LogP contribution >= 0.6 is 35.7 Å². The third kappa shape index (κ3) is 7.48. The molecule has 0 fully saturated rings. The third-order valence-electron chi connectivity index (χ3n) is 2.22. The number of furan rings is 1. The fourth-order valence-corrected chi connectivity index (χ4v) is 2.07. The highest BCUT2D eigenvalue weighted by Crippen LogP contribution is 2.17. The smallest absolute Gasteiger partial charge is 0.274 e. The number of nitrogens with one attached hydrogen (secondary N) is 3. The minimum absolute atomic E-state index is 0. The summed E-state index contributed by atoms with van der Waals surface area (Å²) in [6.45, 7) is 0.644. The van der Waals surface area contributed by atoms with Crippen molar-refractivity contribution in [1.82, 2.24) is 10.6 Å². The average molecular weight is 414 g/mol. The lowest BCUT2D eigenvalue weighted by Gasteiger charge is -2.07. The van der Waals surface area contributed by atoms with E-state index in [2.05, 4.69) is 16.0 Å². The molecule has 114 valence electrons. The molecule has 1 heterocycles. The first-order chi connectivity index (χ1) is 9.15. The lowest BCUT2D eigenvalue weighted by molar-refractivity contribution is -0.404. The zero-order valence-corrected chi connectivity index (χ0v) is 14.5. The third-order valence-corrected chi connectivity index (χ3v) is 3.20. The molecule has 0 aliphatic heterocycles. The maximum absolute atomic E-state index is 10.3. The predicted molar refractivity (Wildman–Crippen MR) is 92.0 cm³/mol. The molecule has 1 rings (SSSR count). The van der Waals surface area contributed by atoms with Crippen LogP contribution in [0.4, 0.5) is 5.88 Å². The molecule has 0 spiro atoms. The number of halogens is 1. The highest BCUT2D eigenvalue weighted by molar-refractivity contribution is 14.0. The number of anilines is 1. The van der Waals surface area contributed by atoms with Crippen LogP contribution in [-0.2, 0) is 5.75 Å². The molecule has 0 aromatic carbocycles. The quantitative estimate of drug-likeness (QED) is 0.247. The van der Waals surface area contributed by atoms with Crippen LogP contribution in [0.5, 0.6) is 0 Å². The second-order valence-corrected chi connectivity index (χ2v) is 4.68. The molecule has 1 aromatic rings. The summed E-state index contributed by atoms with van der Waals surface area (Å²) in [5.41, 5.74) is 0. The lowest BCUT2D eigenvalue weighted by atomic mass is 10.5. The van der Waals surface area contributed by atoms with Crippen LogP contribution in [0.3, 0.4) is 0 Å². The van der Waals surface area contributed by atoms with Crippen molar-refractivity contribution in [2.24, 2.45) is 0 Å². The first-order valence-electron chi connectivity index (χ1n) is 5.77. The Morgan fingerprint density at radius 3 is 2.80 bits per heavy atom. The Hall–Kier alpha value is -1.10. The minimum Gasteiger partial charge on any atom is -0.445 e. The van der Waals surface area contributed by atoms with Crippen LogP contribution in [0.15, 0.2) is 28.6 Å². The Labute approximate surface area is 139 Å². The summed E-state index contributed by atoms with van der Waals surface area (Å²) in [4.78, 5) is 9.81. The molecule has 20 heavy (non-hydrogen) atoms. The number of thioether (sulfide) groups is 1. The fraction of sp³-hybridized carbons (Fsp3) is 0.455. The van der Waals surface area contributed by atoms with E-state index in [1.54, 1.807) is 25.9 Å². The SMILES string of the molecule is CN/C(=C\[N+](=O)[O-])NCCSCc1ccc(NC)o1.I. The van der Waals surface area contributed by atoms with E-state index in [0.29, 0.717) is 12.4 Å². The normalized spacial score (nSPS) is 10.6. The van der Waals surface area contributed by atoms with E-state index >= 15 is 0 Å². The Kier molecular flexibility index (Phi) is 10.1. The molecule has 0 saturated carbocycles. The lowest BCUT2D eigenvalue weighted by Crippen LogP contribution is -2.26. The largest absolute Gasteiger partial charge is 0.445 e. The molecule has 0 aliphatic carbocycles. The van der Waals surface area contributed by atoms with E-state index in [1.165, 1.54) is 0 Å². The molecule has 1 aromatic heterocycles. The molecular weight excluding hydrogens is 395 g/mol. The summed E-state index contributed by atoms with van der Waals surface area (Å²) in [5.74, 6) is 3.66. The van der Waals surface area contributed by atoms with Gasteiger partial charge < -0.3 is 20.4 Å². The standard InChI is InChI=1S/C11H18N4O3S.HI/c1-12-10(7-15(16)17)14-5-6-19-8-9-3-4-11(13-2)18-9;/h3-4,7,12-14H,5-6,8H2,1-2H3;1H/b10-7+;. The fourth-order valence-electron chi connectivity index (χ4n) is 1.32. The Bertz CT molecular complexity index is 439. The van der Waals surface area contributed by atoms with Gasteiger partial charge in [-0.2, -0.15) is 11.8 Å². The van der Waals surface area contributed by atoms with Crippen LogP contribution < -0.4 is 16.0 Å². The van der Waals surface area contributed by atoms with E-state index in [4.69, 9.17) is 4.42 Å². The van der Waals surface area contributed by atoms with Gasteiger partial charge in [-0.15, -0.1) is 24.0 Å². The van der Waals surface area contributed by atoms with Gasteiger partial charge in [0.25, 0.3) is 6.20 Å². The van der Waals surface area contributed by atoms with Crippen molar-refractivity contribution in [3.63, 3.8) is 0 Å². The average Bonchev–Trinajstić information content (AvgIpc) is 2.84. The second kappa shape index (κ2) is 10.7. The van der Waals surface area contributed by atoms with Gasteiger partial charge in [0, 0.05) is 32.5 Å². The van der Waals surface area contributed by atoms with Gasteiger partial charge in [-0.1, -0.05) is 0 Å². The molecule has 0 amide bonds. The van der Waals surface area contributed by atoms with Crippen molar-refractivity contribution in [2.75, 3.05) is 31.7 Å². The number of rotatable bonds is 9. The van der Waals surface area contributed by atoms with Crippen molar-refractivity contribution in [1.29, 1.82) is 0 Å². The Morgan fingerprint density at radius 1 is 1.50 bits per heavy atom. The van der Waals surface area contributed by atoms with E-state index in [1.807, 2.05) is 12.1 Å². The topological polar surface area (TPSA) is 92.4 Å². The van der Waals surface area contributed by atoms with Gasteiger partial charge >= 0.3 is 0 Å². The first kappa shape index (κ1) is 18.9. The summed E-state index contributed by atoms with van der Waals surface area (Å²) in [5, 5.41) is 18.9. The van der Waals surface area contributed by atoms with Crippen LogP contribution in [-0.4, -0.2) is 31.3 Å². The number of nitro groups is 1. The van der Waals surface area contributed by atoms with Gasteiger partial charge in [-0.05, 0) is 6.07 Å². The monoisotopic (exact) mass is 414 g/mol. The Morgan fingerprint density at radius 2 is 2.25 bits per heavy atom. The van der Waals surface area contributed by atoms with Crippen molar-refractivity contribution in [3.8, 4) is 0 Å². The Balaban J connectivity index is 0.00000361. The maximum atomic E-state index is 10.3. The highest BCUT2D eigenvalue weighted by atomic mass is 127. The molecule has 9 heteroatoms. The van der Waals surface area contributed by atoms with Crippen molar-refractivity contribution in [2.45, 2.75) is 5.75 Å². The van der Waals surface area contributed by atoms with Gasteiger partial charge in [0.05, 0.1) is 10.7 Å². The summed E-state index contributed by atoms with van der Waals surface area (Å²) in [7, 11) is 3.44. The molecule has 0 bridgehead atoms. The number of nitrogens with zero attached hydrogens (tertiary/aromatic N) is 1. The van der Waals surface area contributed by atoms with E-state index in [0.717, 1.165) is 29.4 Å². The number of hydrogen-bond donors (Lipinski definition) is 3. The zero-order valence-electron chi connectivity index (χ0n) is 11.3. The van der Waals surface area contributed by atoms with Crippen molar-refractivity contribution >= 4 is 41.6 Å². The molecule has 0 unspecified atom stereocenters. The molecule has 0 atom stereocenters. The highest BCUT2D eigenvalue weighted by Gasteiger charge is 2.02. The molecular formula is C11H19IN4O3S. The van der Waals surface area contributed by atoms with E-state index < -0.39 is 4.92 Å². The molecule has 3 N–H and O–H groups in total. The predicted octanol–water partition coefficient (Wildman–Crippen LogP) is 2.06. The van der Waals surface area contributed by atoms with Crippen molar-refractivity contribution < 1.29 is 9.34 Å². The van der Waals surface area contributed by atoms with Crippen LogP contribution in [0.1, 0.15) is 5.76 Å². The van der Waals surface area contributed by atoms with E-state index in [-0.39, 0.29) is 24.0 Å². The molecule has 0 radical (unpaired) electrons.